The van der Waals surface area contributed by atoms with Gasteiger partial charge in [0.25, 0.3) is 5.91 Å². The minimum atomic E-state index is -0.656. The van der Waals surface area contributed by atoms with Crippen LogP contribution in [0.2, 0.25) is 0 Å². The van der Waals surface area contributed by atoms with E-state index < -0.39 is 5.97 Å². The number of pyridine rings is 1. The molecule has 1 saturated carbocycles. The second kappa shape index (κ2) is 8.69. The number of thioether (sulfide) groups is 1. The predicted octanol–water partition coefficient (Wildman–Crippen LogP) is 2.63. The minimum absolute atomic E-state index is 0.195. The van der Waals surface area contributed by atoms with E-state index in [0.29, 0.717) is 17.5 Å². The molecule has 128 valence electrons. The van der Waals surface area contributed by atoms with E-state index in [1.54, 1.807) is 6.07 Å². The molecule has 1 N–H and O–H groups in total. The summed E-state index contributed by atoms with van der Waals surface area (Å²) < 4.78 is 5.08. The maximum absolute atomic E-state index is 12.3. The lowest BCUT2D eigenvalue weighted by Gasteiger charge is -2.10. The van der Waals surface area contributed by atoms with Crippen molar-refractivity contribution in [3.8, 4) is 6.07 Å². The van der Waals surface area contributed by atoms with Crippen molar-refractivity contribution in [2.45, 2.75) is 43.6 Å². The number of hydrogen-bond acceptors (Lipinski definition) is 6. The van der Waals surface area contributed by atoms with Gasteiger partial charge in [-0.15, -0.1) is 11.8 Å². The lowest BCUT2D eigenvalue weighted by Crippen LogP contribution is -2.29. The Balaban J connectivity index is 2.09. The molecule has 0 aromatic carbocycles. The molecule has 1 heterocycles. The molecule has 0 bridgehead atoms. The van der Waals surface area contributed by atoms with Gasteiger partial charge in [0, 0.05) is 18.2 Å². The summed E-state index contributed by atoms with van der Waals surface area (Å²) in [7, 11) is 0. The van der Waals surface area contributed by atoms with Crippen LogP contribution in [-0.2, 0) is 9.53 Å². The van der Waals surface area contributed by atoms with Crippen LogP contribution < -0.4 is 5.32 Å². The van der Waals surface area contributed by atoms with Gasteiger partial charge >= 0.3 is 5.97 Å². The second-order valence-corrected chi connectivity index (χ2v) is 6.44. The monoisotopic (exact) mass is 347 g/mol. The standard InChI is InChI=1S/C17H21N3O3S/c1-3-4-7-19-15(21)10-23-17(22)12-8-14(11-5-6-11)20-16(24-2)13(12)9-18/h8,11H,3-7,10H2,1-2H3,(H,19,21). The lowest BCUT2D eigenvalue weighted by molar-refractivity contribution is -0.124. The SMILES string of the molecule is CCCCNC(=O)COC(=O)c1cc(C2CC2)nc(SC)c1C#N. The molecule has 0 radical (unpaired) electrons. The van der Waals surface area contributed by atoms with E-state index in [0.717, 1.165) is 31.4 Å². The van der Waals surface area contributed by atoms with Crippen molar-refractivity contribution in [3.05, 3.63) is 22.9 Å². The molecule has 2 rings (SSSR count). The number of nitrogens with one attached hydrogen (secondary N) is 1. The van der Waals surface area contributed by atoms with E-state index in [1.807, 2.05) is 19.2 Å². The van der Waals surface area contributed by atoms with Crippen LogP contribution in [0, 0.1) is 11.3 Å². The summed E-state index contributed by atoms with van der Waals surface area (Å²) in [6.45, 7) is 2.25. The van der Waals surface area contributed by atoms with Crippen molar-refractivity contribution in [1.82, 2.24) is 10.3 Å². The fourth-order valence-corrected chi connectivity index (χ4v) is 2.77. The first-order valence-electron chi connectivity index (χ1n) is 8.03. The molecule has 0 atom stereocenters. The number of hydrogen-bond donors (Lipinski definition) is 1. The average molecular weight is 347 g/mol. The van der Waals surface area contributed by atoms with Crippen molar-refractivity contribution in [3.63, 3.8) is 0 Å². The van der Waals surface area contributed by atoms with E-state index in [1.165, 1.54) is 11.8 Å². The molecule has 24 heavy (non-hydrogen) atoms. The maximum Gasteiger partial charge on any atom is 0.340 e. The summed E-state index contributed by atoms with van der Waals surface area (Å²) >= 11 is 1.33. The van der Waals surface area contributed by atoms with Gasteiger partial charge in [0.1, 0.15) is 11.1 Å². The number of aromatic nitrogens is 1. The van der Waals surface area contributed by atoms with Crippen LogP contribution in [0.4, 0.5) is 0 Å². The molecule has 0 saturated heterocycles. The summed E-state index contributed by atoms with van der Waals surface area (Å²) in [4.78, 5) is 28.4. The zero-order valence-electron chi connectivity index (χ0n) is 13.9. The number of rotatable bonds is 8. The fraction of sp³-hybridized carbons (Fsp3) is 0.529. The molecule has 1 aliphatic rings. The first-order chi connectivity index (χ1) is 11.6. The molecule has 0 unspecified atom stereocenters. The van der Waals surface area contributed by atoms with E-state index in [9.17, 15) is 14.9 Å². The predicted molar refractivity (Wildman–Crippen MR) is 90.9 cm³/mol. The normalized spacial score (nSPS) is 13.2. The van der Waals surface area contributed by atoms with E-state index in [4.69, 9.17) is 4.74 Å². The quantitative estimate of drug-likeness (QED) is 0.441. The van der Waals surface area contributed by atoms with Crippen molar-refractivity contribution < 1.29 is 14.3 Å². The number of unbranched alkanes of at least 4 members (excludes halogenated alkanes) is 1. The summed E-state index contributed by atoms with van der Waals surface area (Å²) in [5.41, 5.74) is 1.22. The molecule has 1 aliphatic carbocycles. The van der Waals surface area contributed by atoms with Gasteiger partial charge in [-0.05, 0) is 31.6 Å². The van der Waals surface area contributed by atoms with Gasteiger partial charge in [-0.2, -0.15) is 5.26 Å². The summed E-state index contributed by atoms with van der Waals surface area (Å²) in [5, 5.41) is 12.6. The molecular weight excluding hydrogens is 326 g/mol. The fourth-order valence-electron chi connectivity index (χ4n) is 2.21. The topological polar surface area (TPSA) is 92.1 Å². The van der Waals surface area contributed by atoms with Gasteiger partial charge in [-0.1, -0.05) is 13.3 Å². The van der Waals surface area contributed by atoms with Crippen LogP contribution in [0.25, 0.3) is 0 Å². The highest BCUT2D eigenvalue weighted by atomic mass is 32.2. The molecule has 1 aromatic rings. The molecule has 0 aliphatic heterocycles. The molecule has 6 nitrogen and oxygen atoms in total. The number of nitriles is 1. The Hall–Kier alpha value is -2.07. The Morgan fingerprint density at radius 1 is 1.50 bits per heavy atom. The van der Waals surface area contributed by atoms with E-state index in [-0.39, 0.29) is 23.6 Å². The Kier molecular flexibility index (Phi) is 6.62. The van der Waals surface area contributed by atoms with Gasteiger partial charge in [0.2, 0.25) is 0 Å². The van der Waals surface area contributed by atoms with E-state index >= 15 is 0 Å². The molecule has 0 spiro atoms. The van der Waals surface area contributed by atoms with Crippen molar-refractivity contribution >= 4 is 23.6 Å². The van der Waals surface area contributed by atoms with Gasteiger partial charge < -0.3 is 10.1 Å². The third-order valence-electron chi connectivity index (χ3n) is 3.71. The van der Waals surface area contributed by atoms with Crippen LogP contribution in [0.3, 0.4) is 0 Å². The maximum atomic E-state index is 12.3. The minimum Gasteiger partial charge on any atom is -0.452 e. The lowest BCUT2D eigenvalue weighted by atomic mass is 10.1. The molecule has 1 fully saturated rings. The number of esters is 1. The summed E-state index contributed by atoms with van der Waals surface area (Å²) in [6, 6.07) is 3.66. The Morgan fingerprint density at radius 2 is 2.25 bits per heavy atom. The molecular formula is C17H21N3O3S. The Morgan fingerprint density at radius 3 is 2.83 bits per heavy atom. The molecule has 1 amide bonds. The van der Waals surface area contributed by atoms with Crippen molar-refractivity contribution in [1.29, 1.82) is 5.26 Å². The highest BCUT2D eigenvalue weighted by Gasteiger charge is 2.29. The highest BCUT2D eigenvalue weighted by Crippen LogP contribution is 2.40. The van der Waals surface area contributed by atoms with Crippen molar-refractivity contribution in [2.75, 3.05) is 19.4 Å². The third-order valence-corrected chi connectivity index (χ3v) is 4.40. The number of carbonyl (C=O) groups is 2. The zero-order chi connectivity index (χ0) is 17.5. The van der Waals surface area contributed by atoms with E-state index in [2.05, 4.69) is 10.3 Å². The van der Waals surface area contributed by atoms with Gasteiger partial charge in [-0.3, -0.25) is 4.79 Å². The van der Waals surface area contributed by atoms with Crippen LogP contribution in [0.1, 0.15) is 60.1 Å². The Labute approximate surface area is 146 Å². The third kappa shape index (κ3) is 4.71. The van der Waals surface area contributed by atoms with Crippen LogP contribution in [0.5, 0.6) is 0 Å². The second-order valence-electron chi connectivity index (χ2n) is 5.64. The van der Waals surface area contributed by atoms with Gasteiger partial charge in [0.05, 0.1) is 11.1 Å². The molecule has 1 aromatic heterocycles. The zero-order valence-corrected chi connectivity index (χ0v) is 14.7. The first-order valence-corrected chi connectivity index (χ1v) is 9.26. The average Bonchev–Trinajstić information content (AvgIpc) is 3.43. The molecule has 7 heteroatoms. The number of ether oxygens (including phenoxy) is 1. The smallest absolute Gasteiger partial charge is 0.340 e. The van der Waals surface area contributed by atoms with Gasteiger partial charge in [-0.25, -0.2) is 9.78 Å². The highest BCUT2D eigenvalue weighted by molar-refractivity contribution is 7.98. The van der Waals surface area contributed by atoms with Gasteiger partial charge in [0.15, 0.2) is 6.61 Å². The largest absolute Gasteiger partial charge is 0.452 e. The first kappa shape index (κ1) is 18.3. The number of amides is 1. The summed E-state index contributed by atoms with van der Waals surface area (Å²) in [5.74, 6) is -0.638. The Bertz CT molecular complexity index is 666. The van der Waals surface area contributed by atoms with Crippen LogP contribution >= 0.6 is 11.8 Å². The van der Waals surface area contributed by atoms with Crippen LogP contribution in [-0.4, -0.2) is 36.3 Å². The van der Waals surface area contributed by atoms with Crippen LogP contribution in [0.15, 0.2) is 11.1 Å². The number of nitrogens with zero attached hydrogens (tertiary/aromatic N) is 2. The number of carbonyl (C=O) groups excluding carboxylic acids is 2. The van der Waals surface area contributed by atoms with Crippen molar-refractivity contribution in [2.24, 2.45) is 0 Å². The summed E-state index contributed by atoms with van der Waals surface area (Å²) in [6.07, 6.45) is 5.76.